The Morgan fingerprint density at radius 2 is 1.77 bits per heavy atom. The minimum atomic E-state index is -0.546. The highest BCUT2D eigenvalue weighted by Crippen LogP contribution is 2.35. The number of esters is 1. The number of hydrogen-bond acceptors (Lipinski definition) is 3. The molecule has 0 fully saturated rings. The molecule has 0 saturated carbocycles. The standard InChI is InChI=1S/C18H21NO3/c1-18(2,3)17(21)19-12-8-11-14(16(20)22-4)15(19)13-9-6-5-7-10-13/h5-12,15H,1-4H3. The molecule has 0 aliphatic carbocycles. The van der Waals surface area contributed by atoms with E-state index in [1.807, 2.05) is 51.1 Å². The van der Waals surface area contributed by atoms with Crippen molar-refractivity contribution < 1.29 is 14.3 Å². The molecule has 1 aromatic rings. The molecule has 0 spiro atoms. The van der Waals surface area contributed by atoms with E-state index in [4.69, 9.17) is 4.74 Å². The van der Waals surface area contributed by atoms with E-state index >= 15 is 0 Å². The van der Waals surface area contributed by atoms with Crippen LogP contribution in [0.5, 0.6) is 0 Å². The number of amides is 1. The quantitative estimate of drug-likeness (QED) is 0.788. The number of carbonyl (C=O) groups is 2. The summed E-state index contributed by atoms with van der Waals surface area (Å²) in [6.45, 7) is 5.59. The highest BCUT2D eigenvalue weighted by molar-refractivity contribution is 5.93. The van der Waals surface area contributed by atoms with E-state index in [-0.39, 0.29) is 5.91 Å². The topological polar surface area (TPSA) is 46.6 Å². The monoisotopic (exact) mass is 299 g/mol. The molecule has 4 heteroatoms. The molecular formula is C18H21NO3. The Hall–Kier alpha value is -2.36. The minimum Gasteiger partial charge on any atom is -0.466 e. The fraction of sp³-hybridized carbons (Fsp3) is 0.333. The number of benzene rings is 1. The van der Waals surface area contributed by atoms with Crippen molar-refractivity contribution >= 4 is 11.9 Å². The van der Waals surface area contributed by atoms with Gasteiger partial charge in [0.25, 0.3) is 0 Å². The van der Waals surface area contributed by atoms with Crippen LogP contribution in [0.25, 0.3) is 0 Å². The lowest BCUT2D eigenvalue weighted by Crippen LogP contribution is -2.41. The zero-order valence-electron chi connectivity index (χ0n) is 13.4. The largest absolute Gasteiger partial charge is 0.466 e. The zero-order valence-corrected chi connectivity index (χ0v) is 13.4. The van der Waals surface area contributed by atoms with Gasteiger partial charge < -0.3 is 9.64 Å². The Labute approximate surface area is 131 Å². The lowest BCUT2D eigenvalue weighted by Gasteiger charge is -2.36. The molecule has 1 atom stereocenters. The maximum absolute atomic E-state index is 12.8. The predicted octanol–water partition coefficient (Wildman–Crippen LogP) is 3.23. The van der Waals surface area contributed by atoms with Crippen molar-refractivity contribution in [1.29, 1.82) is 0 Å². The average molecular weight is 299 g/mol. The third kappa shape index (κ3) is 3.11. The summed E-state index contributed by atoms with van der Waals surface area (Å²) in [5, 5.41) is 0. The fourth-order valence-corrected chi connectivity index (χ4v) is 2.41. The van der Waals surface area contributed by atoms with E-state index in [9.17, 15) is 9.59 Å². The lowest BCUT2D eigenvalue weighted by molar-refractivity contribution is -0.140. The molecule has 0 bridgehead atoms. The maximum atomic E-state index is 12.8. The van der Waals surface area contributed by atoms with Gasteiger partial charge in [0.05, 0.1) is 18.7 Å². The molecule has 22 heavy (non-hydrogen) atoms. The molecule has 0 saturated heterocycles. The molecule has 1 amide bonds. The van der Waals surface area contributed by atoms with Gasteiger partial charge in [0.15, 0.2) is 0 Å². The molecule has 1 aliphatic heterocycles. The number of ether oxygens (including phenoxy) is 1. The van der Waals surface area contributed by atoms with E-state index in [1.54, 1.807) is 23.3 Å². The second kappa shape index (κ2) is 6.18. The maximum Gasteiger partial charge on any atom is 0.336 e. The highest BCUT2D eigenvalue weighted by Gasteiger charge is 2.36. The van der Waals surface area contributed by atoms with Gasteiger partial charge in [0.2, 0.25) is 5.91 Å². The number of carbonyl (C=O) groups excluding carboxylic acids is 2. The summed E-state index contributed by atoms with van der Waals surface area (Å²) in [4.78, 5) is 26.5. The first-order valence-electron chi connectivity index (χ1n) is 7.20. The summed E-state index contributed by atoms with van der Waals surface area (Å²) in [5.74, 6) is -0.475. The molecule has 1 unspecified atom stereocenters. The first-order valence-corrected chi connectivity index (χ1v) is 7.20. The first-order chi connectivity index (χ1) is 10.4. The first kappa shape index (κ1) is 16.0. The van der Waals surface area contributed by atoms with E-state index in [1.165, 1.54) is 7.11 Å². The van der Waals surface area contributed by atoms with Crippen LogP contribution in [0.4, 0.5) is 0 Å². The number of nitrogens with zero attached hydrogens (tertiary/aromatic N) is 1. The second-order valence-electron chi connectivity index (χ2n) is 6.23. The Morgan fingerprint density at radius 1 is 1.14 bits per heavy atom. The lowest BCUT2D eigenvalue weighted by atomic mass is 9.89. The van der Waals surface area contributed by atoms with Crippen molar-refractivity contribution in [3.05, 3.63) is 59.8 Å². The van der Waals surface area contributed by atoms with Crippen molar-refractivity contribution in [2.24, 2.45) is 5.41 Å². The molecule has 0 aromatic heterocycles. The van der Waals surface area contributed by atoms with Crippen LogP contribution in [0.2, 0.25) is 0 Å². The Balaban J connectivity index is 2.50. The van der Waals surface area contributed by atoms with Crippen molar-refractivity contribution in [2.75, 3.05) is 7.11 Å². The molecule has 1 aliphatic rings. The summed E-state index contributed by atoms with van der Waals surface area (Å²) in [7, 11) is 1.35. The van der Waals surface area contributed by atoms with Gasteiger partial charge in [-0.1, -0.05) is 51.1 Å². The van der Waals surface area contributed by atoms with Crippen LogP contribution in [0.3, 0.4) is 0 Å². The Kier molecular flexibility index (Phi) is 4.50. The van der Waals surface area contributed by atoms with Crippen LogP contribution < -0.4 is 0 Å². The van der Waals surface area contributed by atoms with Gasteiger partial charge >= 0.3 is 5.97 Å². The van der Waals surface area contributed by atoms with Gasteiger partial charge in [-0.2, -0.15) is 0 Å². The summed E-state index contributed by atoms with van der Waals surface area (Å²) < 4.78 is 4.88. The number of methoxy groups -OCH3 is 1. The molecule has 0 radical (unpaired) electrons. The van der Waals surface area contributed by atoms with E-state index < -0.39 is 17.4 Å². The molecule has 1 heterocycles. The molecular weight excluding hydrogens is 278 g/mol. The van der Waals surface area contributed by atoms with Crippen LogP contribution in [-0.4, -0.2) is 23.9 Å². The number of rotatable bonds is 2. The third-order valence-electron chi connectivity index (χ3n) is 3.51. The minimum absolute atomic E-state index is 0.0490. The van der Waals surface area contributed by atoms with Crippen LogP contribution in [0.1, 0.15) is 32.4 Å². The fourth-order valence-electron chi connectivity index (χ4n) is 2.41. The van der Waals surface area contributed by atoms with Crippen molar-refractivity contribution in [3.63, 3.8) is 0 Å². The SMILES string of the molecule is COC(=O)C1=CC=CN(C(=O)C(C)(C)C)C1c1ccccc1. The van der Waals surface area contributed by atoms with Gasteiger partial charge in [-0.3, -0.25) is 4.79 Å². The third-order valence-corrected chi connectivity index (χ3v) is 3.51. The van der Waals surface area contributed by atoms with Crippen LogP contribution >= 0.6 is 0 Å². The van der Waals surface area contributed by atoms with Crippen molar-refractivity contribution in [1.82, 2.24) is 4.90 Å². The van der Waals surface area contributed by atoms with Crippen molar-refractivity contribution in [3.8, 4) is 0 Å². The molecule has 116 valence electrons. The summed E-state index contributed by atoms with van der Waals surface area (Å²) in [6.07, 6.45) is 5.13. The van der Waals surface area contributed by atoms with E-state index in [0.717, 1.165) is 5.56 Å². The predicted molar refractivity (Wildman–Crippen MR) is 84.7 cm³/mol. The van der Waals surface area contributed by atoms with Gasteiger partial charge in [-0.25, -0.2) is 4.79 Å². The highest BCUT2D eigenvalue weighted by atomic mass is 16.5. The van der Waals surface area contributed by atoms with Gasteiger partial charge in [-0.05, 0) is 17.7 Å². The van der Waals surface area contributed by atoms with Gasteiger partial charge in [0.1, 0.15) is 0 Å². The zero-order chi connectivity index (χ0) is 16.3. The average Bonchev–Trinajstić information content (AvgIpc) is 2.52. The van der Waals surface area contributed by atoms with Gasteiger partial charge in [-0.15, -0.1) is 0 Å². The van der Waals surface area contributed by atoms with Crippen LogP contribution in [0, 0.1) is 5.41 Å². The van der Waals surface area contributed by atoms with Gasteiger partial charge in [0, 0.05) is 11.6 Å². The molecule has 2 rings (SSSR count). The number of allylic oxidation sites excluding steroid dienone is 2. The smallest absolute Gasteiger partial charge is 0.336 e. The summed E-state index contributed by atoms with van der Waals surface area (Å²) in [5.41, 5.74) is 0.783. The molecule has 1 aromatic carbocycles. The van der Waals surface area contributed by atoms with Crippen LogP contribution in [-0.2, 0) is 14.3 Å². The van der Waals surface area contributed by atoms with Crippen molar-refractivity contribution in [2.45, 2.75) is 26.8 Å². The van der Waals surface area contributed by atoms with E-state index in [0.29, 0.717) is 5.57 Å². The Bertz CT molecular complexity index is 623. The molecule has 4 nitrogen and oxygen atoms in total. The van der Waals surface area contributed by atoms with E-state index in [2.05, 4.69) is 0 Å². The normalized spacial score (nSPS) is 17.9. The van der Waals surface area contributed by atoms with Crippen LogP contribution in [0.15, 0.2) is 54.3 Å². The summed E-state index contributed by atoms with van der Waals surface area (Å²) >= 11 is 0. The Morgan fingerprint density at radius 3 is 2.32 bits per heavy atom. The number of hydrogen-bond donors (Lipinski definition) is 0. The molecule has 0 N–H and O–H groups in total. The second-order valence-corrected chi connectivity index (χ2v) is 6.23. The summed E-state index contributed by atoms with van der Waals surface area (Å²) in [6, 6.07) is 9.03.